The summed E-state index contributed by atoms with van der Waals surface area (Å²) < 4.78 is 5.22. The Morgan fingerprint density at radius 3 is 3.00 bits per heavy atom. The van der Waals surface area contributed by atoms with Gasteiger partial charge in [-0.25, -0.2) is 14.8 Å². The molecule has 0 aliphatic carbocycles. The summed E-state index contributed by atoms with van der Waals surface area (Å²) in [5.41, 5.74) is 3.62. The number of amides is 1. The van der Waals surface area contributed by atoms with Crippen LogP contribution >= 0.6 is 22.7 Å². The number of hydrogen-bond acceptors (Lipinski definition) is 8. The minimum Gasteiger partial charge on any atom is -0.388 e. The highest BCUT2D eigenvalue weighted by Crippen LogP contribution is 2.31. The quantitative estimate of drug-likeness (QED) is 0.728. The van der Waals surface area contributed by atoms with Crippen LogP contribution in [0.5, 0.6) is 5.88 Å². The molecule has 0 atom stereocenters. The normalized spacial score (nSPS) is 10.0. The first-order valence-corrected chi connectivity index (χ1v) is 8.51. The van der Waals surface area contributed by atoms with E-state index in [4.69, 9.17) is 10.00 Å². The summed E-state index contributed by atoms with van der Waals surface area (Å²) >= 11 is 2.60. The smallest absolute Gasteiger partial charge is 0.388 e. The van der Waals surface area contributed by atoms with E-state index in [9.17, 15) is 4.79 Å². The fraction of sp³-hybridized carbons (Fsp3) is 0.0667. The lowest BCUT2D eigenvalue weighted by molar-refractivity contribution is 0.214. The molecule has 0 aliphatic heterocycles. The van der Waals surface area contributed by atoms with Gasteiger partial charge in [0.25, 0.3) is 5.88 Å². The van der Waals surface area contributed by atoms with Crippen molar-refractivity contribution in [1.82, 2.24) is 9.97 Å². The standard InChI is InChI=1S/C15H11N5O2S2/c1-9-7-23-14(18-9)20-15(21)22-12-13(24-8-17-12)19-11-4-2-3-10(5-11)6-16/h2-5,7-8,19H,1H3,(H,18,20,21). The van der Waals surface area contributed by atoms with E-state index < -0.39 is 6.09 Å². The Morgan fingerprint density at radius 1 is 1.38 bits per heavy atom. The second-order valence-electron chi connectivity index (χ2n) is 4.61. The van der Waals surface area contributed by atoms with Gasteiger partial charge in [0.1, 0.15) is 0 Å². The number of nitriles is 1. The lowest BCUT2D eigenvalue weighted by Crippen LogP contribution is -2.17. The topological polar surface area (TPSA) is 99.9 Å². The molecule has 0 unspecified atom stereocenters. The number of rotatable bonds is 4. The molecule has 0 radical (unpaired) electrons. The van der Waals surface area contributed by atoms with Crippen LogP contribution in [0.4, 0.5) is 20.6 Å². The molecule has 0 fully saturated rings. The molecule has 2 aromatic heterocycles. The van der Waals surface area contributed by atoms with Crippen LogP contribution in [-0.2, 0) is 0 Å². The van der Waals surface area contributed by atoms with E-state index in [1.165, 1.54) is 22.7 Å². The maximum Gasteiger partial charge on any atom is 0.420 e. The molecular weight excluding hydrogens is 346 g/mol. The van der Waals surface area contributed by atoms with Gasteiger partial charge in [-0.1, -0.05) is 6.07 Å². The van der Waals surface area contributed by atoms with Crippen molar-refractivity contribution in [2.75, 3.05) is 10.6 Å². The summed E-state index contributed by atoms with van der Waals surface area (Å²) in [6.07, 6.45) is -0.663. The number of carbonyl (C=O) groups is 1. The first kappa shape index (κ1) is 15.9. The van der Waals surface area contributed by atoms with E-state index in [2.05, 4.69) is 26.7 Å². The average molecular weight is 357 g/mol. The van der Waals surface area contributed by atoms with Gasteiger partial charge in [0.15, 0.2) is 10.1 Å². The monoisotopic (exact) mass is 357 g/mol. The molecule has 0 aliphatic rings. The molecule has 1 aromatic carbocycles. The van der Waals surface area contributed by atoms with Crippen molar-refractivity contribution >= 4 is 44.6 Å². The molecule has 1 amide bonds. The molecule has 7 nitrogen and oxygen atoms in total. The predicted molar refractivity (Wildman–Crippen MR) is 93.1 cm³/mol. The third-order valence-electron chi connectivity index (χ3n) is 2.80. The van der Waals surface area contributed by atoms with Crippen molar-refractivity contribution in [1.29, 1.82) is 5.26 Å². The molecule has 0 saturated heterocycles. The number of nitrogens with zero attached hydrogens (tertiary/aromatic N) is 3. The van der Waals surface area contributed by atoms with E-state index >= 15 is 0 Å². The van der Waals surface area contributed by atoms with Crippen LogP contribution in [-0.4, -0.2) is 16.1 Å². The van der Waals surface area contributed by atoms with E-state index in [-0.39, 0.29) is 5.88 Å². The number of aryl methyl sites for hydroxylation is 1. The van der Waals surface area contributed by atoms with Gasteiger partial charge >= 0.3 is 6.09 Å². The number of anilines is 3. The lowest BCUT2D eigenvalue weighted by atomic mass is 10.2. The van der Waals surface area contributed by atoms with E-state index in [1.54, 1.807) is 23.7 Å². The number of thiazole rings is 2. The van der Waals surface area contributed by atoms with Crippen molar-refractivity contribution in [3.8, 4) is 11.9 Å². The molecule has 0 bridgehead atoms. The zero-order valence-electron chi connectivity index (χ0n) is 12.4. The molecule has 3 rings (SSSR count). The molecule has 120 valence electrons. The summed E-state index contributed by atoms with van der Waals surface area (Å²) in [6.45, 7) is 1.84. The first-order chi connectivity index (χ1) is 11.6. The van der Waals surface area contributed by atoms with Gasteiger partial charge in [-0.2, -0.15) is 5.26 Å². The molecule has 2 heterocycles. The van der Waals surface area contributed by atoms with Gasteiger partial charge in [0.2, 0.25) is 0 Å². The third kappa shape index (κ3) is 3.87. The second kappa shape index (κ2) is 7.08. The lowest BCUT2D eigenvalue weighted by Gasteiger charge is -2.07. The Kier molecular flexibility index (Phi) is 4.69. The van der Waals surface area contributed by atoms with Crippen LogP contribution < -0.4 is 15.4 Å². The fourth-order valence-electron chi connectivity index (χ4n) is 1.80. The van der Waals surface area contributed by atoms with Gasteiger partial charge in [-0.3, -0.25) is 5.32 Å². The maximum atomic E-state index is 11.9. The fourth-order valence-corrected chi connectivity index (χ4v) is 3.10. The SMILES string of the molecule is Cc1csc(NC(=O)Oc2ncsc2Nc2cccc(C#N)c2)n1. The Labute approximate surface area is 145 Å². The average Bonchev–Trinajstić information content (AvgIpc) is 3.17. The minimum absolute atomic E-state index is 0.160. The van der Waals surface area contributed by atoms with E-state index in [0.29, 0.717) is 21.4 Å². The highest BCUT2D eigenvalue weighted by molar-refractivity contribution is 7.14. The van der Waals surface area contributed by atoms with Crippen molar-refractivity contribution in [3.63, 3.8) is 0 Å². The minimum atomic E-state index is -0.663. The maximum absolute atomic E-state index is 11.9. The Balaban J connectivity index is 1.68. The zero-order valence-corrected chi connectivity index (χ0v) is 14.1. The third-order valence-corrected chi connectivity index (χ3v) is 4.40. The molecule has 0 spiro atoms. The highest BCUT2D eigenvalue weighted by atomic mass is 32.1. The van der Waals surface area contributed by atoms with Crippen LogP contribution in [0.25, 0.3) is 0 Å². The van der Waals surface area contributed by atoms with Gasteiger partial charge in [0.05, 0.1) is 22.8 Å². The van der Waals surface area contributed by atoms with Crippen molar-refractivity contribution in [2.24, 2.45) is 0 Å². The number of nitrogens with one attached hydrogen (secondary N) is 2. The summed E-state index contributed by atoms with van der Waals surface area (Å²) in [7, 11) is 0. The summed E-state index contributed by atoms with van der Waals surface area (Å²) in [5, 5.41) is 17.4. The number of benzene rings is 1. The summed E-state index contributed by atoms with van der Waals surface area (Å²) in [5.74, 6) is 0.160. The Bertz CT molecular complexity index is 912. The zero-order chi connectivity index (χ0) is 16.9. The van der Waals surface area contributed by atoms with E-state index in [1.807, 2.05) is 18.4 Å². The molecular formula is C15H11N5O2S2. The van der Waals surface area contributed by atoms with E-state index in [0.717, 1.165) is 5.69 Å². The highest BCUT2D eigenvalue weighted by Gasteiger charge is 2.14. The van der Waals surface area contributed by atoms with Crippen molar-refractivity contribution in [2.45, 2.75) is 6.92 Å². The Morgan fingerprint density at radius 2 is 2.25 bits per heavy atom. The molecule has 3 aromatic rings. The van der Waals surface area contributed by atoms with Crippen LogP contribution in [0.15, 0.2) is 35.2 Å². The largest absolute Gasteiger partial charge is 0.420 e. The number of ether oxygens (including phenoxy) is 1. The van der Waals surface area contributed by atoms with Crippen LogP contribution in [0.1, 0.15) is 11.3 Å². The molecule has 2 N–H and O–H groups in total. The van der Waals surface area contributed by atoms with Gasteiger partial charge < -0.3 is 10.1 Å². The van der Waals surface area contributed by atoms with Crippen LogP contribution in [0.3, 0.4) is 0 Å². The van der Waals surface area contributed by atoms with Gasteiger partial charge in [-0.15, -0.1) is 22.7 Å². The summed E-state index contributed by atoms with van der Waals surface area (Å²) in [6, 6.07) is 9.05. The van der Waals surface area contributed by atoms with Crippen LogP contribution in [0.2, 0.25) is 0 Å². The Hall–Kier alpha value is -2.96. The number of aromatic nitrogens is 2. The van der Waals surface area contributed by atoms with Crippen molar-refractivity contribution in [3.05, 3.63) is 46.4 Å². The van der Waals surface area contributed by atoms with Crippen molar-refractivity contribution < 1.29 is 9.53 Å². The van der Waals surface area contributed by atoms with Gasteiger partial charge in [-0.05, 0) is 25.1 Å². The van der Waals surface area contributed by atoms with Gasteiger partial charge in [0, 0.05) is 11.1 Å². The predicted octanol–water partition coefficient (Wildman–Crippen LogP) is 4.13. The first-order valence-electron chi connectivity index (χ1n) is 6.75. The molecule has 9 heteroatoms. The van der Waals surface area contributed by atoms with Crippen LogP contribution in [0, 0.1) is 18.3 Å². The number of carbonyl (C=O) groups excluding carboxylic acids is 1. The number of hydrogen-bond donors (Lipinski definition) is 2. The molecule has 24 heavy (non-hydrogen) atoms. The summed E-state index contributed by atoms with van der Waals surface area (Å²) in [4.78, 5) is 20.1. The second-order valence-corrected chi connectivity index (χ2v) is 6.33. The molecule has 0 saturated carbocycles.